The van der Waals surface area contributed by atoms with Gasteiger partial charge in [-0.3, -0.25) is 0 Å². The van der Waals surface area contributed by atoms with E-state index in [1.54, 1.807) is 12.3 Å². The molecule has 3 nitrogen and oxygen atoms in total. The molecule has 1 heterocycles. The fourth-order valence-corrected chi connectivity index (χ4v) is 2.26. The van der Waals surface area contributed by atoms with Gasteiger partial charge in [0.15, 0.2) is 0 Å². The lowest BCUT2D eigenvalue weighted by molar-refractivity contribution is 0.704. The van der Waals surface area contributed by atoms with Crippen molar-refractivity contribution in [3.05, 3.63) is 45.7 Å². The molecule has 0 radical (unpaired) electrons. The largest absolute Gasteiger partial charge is 0.322 e. The van der Waals surface area contributed by atoms with E-state index in [1.165, 1.54) is 0 Å². The first-order valence-electron chi connectivity index (χ1n) is 4.64. The van der Waals surface area contributed by atoms with Gasteiger partial charge in [0, 0.05) is 0 Å². The van der Waals surface area contributed by atoms with E-state index < -0.39 is 0 Å². The second kappa shape index (κ2) is 5.10. The normalized spacial score (nSPS) is 12.7. The van der Waals surface area contributed by atoms with Crippen LogP contribution < -0.4 is 5.73 Å². The molecule has 84 valence electrons. The third-order valence-corrected chi connectivity index (χ3v) is 3.58. The van der Waals surface area contributed by atoms with E-state index in [1.807, 2.05) is 12.1 Å². The van der Waals surface area contributed by atoms with Gasteiger partial charge < -0.3 is 5.73 Å². The highest BCUT2D eigenvalue weighted by molar-refractivity contribution is 6.99. The second-order valence-corrected chi connectivity index (χ2v) is 4.70. The van der Waals surface area contributed by atoms with Crippen LogP contribution in [-0.4, -0.2) is 8.75 Å². The molecule has 0 spiro atoms. The average Bonchev–Trinajstić information content (AvgIpc) is 2.78. The Morgan fingerprint density at radius 1 is 1.38 bits per heavy atom. The summed E-state index contributed by atoms with van der Waals surface area (Å²) in [6.07, 6.45) is 2.28. The fraction of sp³-hybridized carbons (Fsp3) is 0.200. The van der Waals surface area contributed by atoms with E-state index in [0.29, 0.717) is 16.5 Å². The number of nitrogens with two attached hydrogens (primary N) is 1. The molecule has 0 bridgehead atoms. The lowest BCUT2D eigenvalue weighted by Gasteiger charge is -2.10. The van der Waals surface area contributed by atoms with Crippen LogP contribution in [0.1, 0.15) is 17.3 Å². The molecule has 0 aliphatic rings. The Kier molecular flexibility index (Phi) is 3.76. The van der Waals surface area contributed by atoms with Crippen molar-refractivity contribution in [2.45, 2.75) is 12.5 Å². The minimum Gasteiger partial charge on any atom is -0.322 e. The van der Waals surface area contributed by atoms with E-state index >= 15 is 0 Å². The molecule has 0 aliphatic carbocycles. The van der Waals surface area contributed by atoms with Gasteiger partial charge in [0.1, 0.15) is 0 Å². The molecule has 2 aromatic rings. The molecule has 1 aromatic heterocycles. The third kappa shape index (κ3) is 2.52. The summed E-state index contributed by atoms with van der Waals surface area (Å²) >= 11 is 13.1. The zero-order chi connectivity index (χ0) is 11.5. The number of halogens is 2. The lowest BCUT2D eigenvalue weighted by Crippen LogP contribution is -2.13. The predicted molar refractivity (Wildman–Crippen MR) is 67.0 cm³/mol. The van der Waals surface area contributed by atoms with Gasteiger partial charge >= 0.3 is 0 Å². The number of nitrogens with zero attached hydrogens (tertiary/aromatic N) is 2. The molecule has 2 rings (SSSR count). The van der Waals surface area contributed by atoms with Crippen molar-refractivity contribution >= 4 is 34.9 Å². The van der Waals surface area contributed by atoms with Crippen molar-refractivity contribution in [1.82, 2.24) is 8.75 Å². The summed E-state index contributed by atoms with van der Waals surface area (Å²) in [6, 6.07) is 5.32. The molecule has 0 amide bonds. The van der Waals surface area contributed by atoms with Crippen molar-refractivity contribution in [1.29, 1.82) is 0 Å². The minimum atomic E-state index is -0.199. The van der Waals surface area contributed by atoms with Gasteiger partial charge in [-0.25, -0.2) is 0 Å². The van der Waals surface area contributed by atoms with Gasteiger partial charge in [-0.15, -0.1) is 0 Å². The highest BCUT2D eigenvalue weighted by Gasteiger charge is 2.13. The molecule has 0 saturated carbocycles. The van der Waals surface area contributed by atoms with E-state index in [4.69, 9.17) is 28.9 Å². The Hall–Kier alpha value is -0.680. The maximum absolute atomic E-state index is 6.08. The van der Waals surface area contributed by atoms with Crippen LogP contribution in [0.2, 0.25) is 10.0 Å². The molecule has 16 heavy (non-hydrogen) atoms. The van der Waals surface area contributed by atoms with Gasteiger partial charge in [0.25, 0.3) is 0 Å². The molecule has 6 heteroatoms. The van der Waals surface area contributed by atoms with Crippen molar-refractivity contribution in [3.8, 4) is 0 Å². The Labute approximate surface area is 108 Å². The van der Waals surface area contributed by atoms with E-state index in [9.17, 15) is 0 Å². The van der Waals surface area contributed by atoms with Crippen molar-refractivity contribution < 1.29 is 0 Å². The van der Waals surface area contributed by atoms with Gasteiger partial charge in [0.05, 0.1) is 39.7 Å². The predicted octanol–water partition coefficient (Wildman–Crippen LogP) is 3.09. The first kappa shape index (κ1) is 11.8. The van der Waals surface area contributed by atoms with Crippen LogP contribution in [0, 0.1) is 0 Å². The summed E-state index contributed by atoms with van der Waals surface area (Å²) in [6.45, 7) is 0. The zero-order valence-electron chi connectivity index (χ0n) is 8.23. The van der Waals surface area contributed by atoms with Crippen LogP contribution in [-0.2, 0) is 6.42 Å². The van der Waals surface area contributed by atoms with Crippen molar-refractivity contribution in [3.63, 3.8) is 0 Å². The van der Waals surface area contributed by atoms with Crippen LogP contribution in [0.5, 0.6) is 0 Å². The lowest BCUT2D eigenvalue weighted by atomic mass is 10.0. The average molecular weight is 274 g/mol. The number of rotatable bonds is 3. The highest BCUT2D eigenvalue weighted by atomic mass is 35.5. The first-order valence-corrected chi connectivity index (χ1v) is 6.13. The summed E-state index contributed by atoms with van der Waals surface area (Å²) in [5.41, 5.74) is 7.70. The fourth-order valence-electron chi connectivity index (χ4n) is 1.38. The Morgan fingerprint density at radius 3 is 2.88 bits per heavy atom. The van der Waals surface area contributed by atoms with Crippen LogP contribution in [0.25, 0.3) is 0 Å². The third-order valence-electron chi connectivity index (χ3n) is 2.23. The van der Waals surface area contributed by atoms with Crippen LogP contribution in [0.15, 0.2) is 24.4 Å². The molecular formula is C10H9Cl2N3S. The Bertz CT molecular complexity index is 473. The summed E-state index contributed by atoms with van der Waals surface area (Å²) in [7, 11) is 0. The summed E-state index contributed by atoms with van der Waals surface area (Å²) < 4.78 is 8.01. The maximum Gasteiger partial charge on any atom is 0.0913 e. The minimum absolute atomic E-state index is 0.199. The Morgan fingerprint density at radius 2 is 2.19 bits per heavy atom. The molecule has 2 N–H and O–H groups in total. The number of hydrogen-bond acceptors (Lipinski definition) is 4. The van der Waals surface area contributed by atoms with E-state index in [0.717, 1.165) is 23.0 Å². The standard InChI is InChI=1S/C10H9Cl2N3S/c11-7-3-1-2-6(10(7)12)4-8(13)9-5-14-16-15-9/h1-3,5,8H,4,13H2. The highest BCUT2D eigenvalue weighted by Crippen LogP contribution is 2.28. The van der Waals surface area contributed by atoms with Crippen LogP contribution >= 0.6 is 34.9 Å². The smallest absolute Gasteiger partial charge is 0.0913 e. The second-order valence-electron chi connectivity index (χ2n) is 3.36. The maximum atomic E-state index is 6.08. The number of aromatic nitrogens is 2. The topological polar surface area (TPSA) is 51.8 Å². The summed E-state index contributed by atoms with van der Waals surface area (Å²) in [5, 5.41) is 1.10. The quantitative estimate of drug-likeness (QED) is 0.935. The molecule has 0 saturated heterocycles. The van der Waals surface area contributed by atoms with Gasteiger partial charge in [-0.1, -0.05) is 35.3 Å². The monoisotopic (exact) mass is 273 g/mol. The number of benzene rings is 1. The van der Waals surface area contributed by atoms with Gasteiger partial charge in [-0.05, 0) is 18.1 Å². The van der Waals surface area contributed by atoms with Gasteiger partial charge in [0.2, 0.25) is 0 Å². The SMILES string of the molecule is NC(Cc1cccc(Cl)c1Cl)c1cnsn1. The van der Waals surface area contributed by atoms with E-state index in [2.05, 4.69) is 8.75 Å². The first-order chi connectivity index (χ1) is 7.68. The van der Waals surface area contributed by atoms with E-state index in [-0.39, 0.29) is 6.04 Å². The van der Waals surface area contributed by atoms with Crippen molar-refractivity contribution in [2.75, 3.05) is 0 Å². The molecular weight excluding hydrogens is 265 g/mol. The molecule has 0 fully saturated rings. The number of hydrogen-bond donors (Lipinski definition) is 1. The molecule has 0 aliphatic heterocycles. The van der Waals surface area contributed by atoms with Crippen LogP contribution in [0.3, 0.4) is 0 Å². The molecule has 1 atom stereocenters. The molecule has 1 aromatic carbocycles. The molecule has 1 unspecified atom stereocenters. The van der Waals surface area contributed by atoms with Gasteiger partial charge in [-0.2, -0.15) is 8.75 Å². The zero-order valence-corrected chi connectivity index (χ0v) is 10.6. The van der Waals surface area contributed by atoms with Crippen LogP contribution in [0.4, 0.5) is 0 Å². The summed E-state index contributed by atoms with van der Waals surface area (Å²) in [4.78, 5) is 0. The Balaban J connectivity index is 2.18. The van der Waals surface area contributed by atoms with Crippen molar-refractivity contribution in [2.24, 2.45) is 5.73 Å². The summed E-state index contributed by atoms with van der Waals surface area (Å²) in [5.74, 6) is 0.